The molecular weight excluding hydrogens is 290 g/mol. The van der Waals surface area contributed by atoms with Crippen molar-refractivity contribution < 1.29 is 0 Å². The van der Waals surface area contributed by atoms with Gasteiger partial charge in [0, 0.05) is 18.1 Å². The Morgan fingerprint density at radius 1 is 1.22 bits per heavy atom. The maximum absolute atomic E-state index is 12.5. The van der Waals surface area contributed by atoms with Gasteiger partial charge in [-0.1, -0.05) is 19.8 Å². The van der Waals surface area contributed by atoms with E-state index < -0.39 is 0 Å². The van der Waals surface area contributed by atoms with E-state index in [-0.39, 0.29) is 5.56 Å². The first-order valence-electron chi connectivity index (χ1n) is 8.37. The zero-order valence-corrected chi connectivity index (χ0v) is 13.3. The Morgan fingerprint density at radius 3 is 2.65 bits per heavy atom. The average molecular weight is 311 g/mol. The second kappa shape index (κ2) is 5.68. The van der Waals surface area contributed by atoms with Crippen molar-refractivity contribution in [2.24, 2.45) is 0 Å². The number of fused-ring (bicyclic) bond motifs is 1. The van der Waals surface area contributed by atoms with Crippen LogP contribution < -0.4 is 5.56 Å². The van der Waals surface area contributed by atoms with E-state index in [4.69, 9.17) is 4.98 Å². The molecule has 3 aliphatic rings. The van der Waals surface area contributed by atoms with Crippen LogP contribution in [0.25, 0.3) is 11.4 Å². The Kier molecular flexibility index (Phi) is 3.52. The molecule has 1 saturated carbocycles. The predicted octanol–water partition coefficient (Wildman–Crippen LogP) is 2.60. The van der Waals surface area contributed by atoms with Crippen molar-refractivity contribution in [2.45, 2.75) is 51.6 Å². The van der Waals surface area contributed by atoms with Crippen molar-refractivity contribution in [3.05, 3.63) is 46.4 Å². The van der Waals surface area contributed by atoms with Gasteiger partial charge in [-0.25, -0.2) is 4.98 Å². The van der Waals surface area contributed by atoms with E-state index in [0.717, 1.165) is 30.8 Å². The summed E-state index contributed by atoms with van der Waals surface area (Å²) in [6, 6.07) is 4.34. The van der Waals surface area contributed by atoms with Crippen LogP contribution in [-0.2, 0) is 13.0 Å². The molecule has 0 amide bonds. The van der Waals surface area contributed by atoms with Crippen molar-refractivity contribution in [3.63, 3.8) is 0 Å². The molecule has 4 rings (SSSR count). The number of H-pyrrole nitrogens is 1. The maximum Gasteiger partial charge on any atom is 0.284 e. The Hall–Kier alpha value is -2.37. The predicted molar refractivity (Wildman–Crippen MR) is 87.7 cm³/mol. The first-order chi connectivity index (χ1) is 11.3. The molecule has 1 aromatic rings. The molecule has 23 heavy (non-hydrogen) atoms. The van der Waals surface area contributed by atoms with E-state index in [1.807, 2.05) is 29.1 Å². The Bertz CT molecular complexity index is 823. The molecule has 2 aliphatic heterocycles. The van der Waals surface area contributed by atoms with Crippen LogP contribution in [0.2, 0.25) is 0 Å². The summed E-state index contributed by atoms with van der Waals surface area (Å²) in [6.07, 6.45) is 9.47. The van der Waals surface area contributed by atoms with Crippen molar-refractivity contribution in [3.8, 4) is 11.4 Å². The number of rotatable bonds is 4. The summed E-state index contributed by atoms with van der Waals surface area (Å²) in [5.41, 5.74) is 1.45. The van der Waals surface area contributed by atoms with E-state index in [0.29, 0.717) is 24.0 Å². The quantitative estimate of drug-likeness (QED) is 0.805. The molecule has 0 aromatic carbocycles. The Balaban J connectivity index is 1.82. The van der Waals surface area contributed by atoms with Crippen LogP contribution in [0.1, 0.15) is 50.2 Å². The SMILES string of the molecule is CCc1[nH]n(C2CCCC2)c2nc(Cn3cccc3)nc(=O)c1-2. The largest absolute Gasteiger partial charge is 0.347 e. The summed E-state index contributed by atoms with van der Waals surface area (Å²) in [5.74, 6) is 1.35. The lowest BCUT2D eigenvalue weighted by Gasteiger charge is -2.14. The molecule has 0 spiro atoms. The third-order valence-corrected chi connectivity index (χ3v) is 4.72. The molecule has 1 N–H and O–H groups in total. The molecule has 0 unspecified atom stereocenters. The fourth-order valence-corrected chi connectivity index (χ4v) is 3.56. The van der Waals surface area contributed by atoms with Crippen molar-refractivity contribution in [1.29, 1.82) is 0 Å². The molecule has 1 aliphatic carbocycles. The van der Waals surface area contributed by atoms with Crippen LogP contribution in [0, 0.1) is 0 Å². The van der Waals surface area contributed by atoms with E-state index in [9.17, 15) is 4.79 Å². The smallest absolute Gasteiger partial charge is 0.284 e. The third kappa shape index (κ3) is 2.48. The van der Waals surface area contributed by atoms with Gasteiger partial charge in [0.15, 0.2) is 11.6 Å². The van der Waals surface area contributed by atoms with Gasteiger partial charge in [-0.3, -0.25) is 14.6 Å². The normalized spacial score (nSPS) is 15.7. The zero-order chi connectivity index (χ0) is 15.8. The molecule has 0 bridgehead atoms. The minimum absolute atomic E-state index is 0.165. The fourth-order valence-electron chi connectivity index (χ4n) is 3.56. The minimum Gasteiger partial charge on any atom is -0.347 e. The van der Waals surface area contributed by atoms with Gasteiger partial charge in [0.25, 0.3) is 5.56 Å². The van der Waals surface area contributed by atoms with E-state index in [1.165, 1.54) is 12.8 Å². The summed E-state index contributed by atoms with van der Waals surface area (Å²) < 4.78 is 4.09. The first-order valence-corrected chi connectivity index (χ1v) is 8.37. The minimum atomic E-state index is -0.165. The Morgan fingerprint density at radius 2 is 1.96 bits per heavy atom. The first kappa shape index (κ1) is 14.2. The lowest BCUT2D eigenvalue weighted by atomic mass is 10.2. The van der Waals surface area contributed by atoms with Crippen LogP contribution in [-0.4, -0.2) is 24.3 Å². The van der Waals surface area contributed by atoms with Gasteiger partial charge in [0.2, 0.25) is 0 Å². The molecule has 120 valence electrons. The van der Waals surface area contributed by atoms with Gasteiger partial charge in [0.05, 0.1) is 12.6 Å². The van der Waals surface area contributed by atoms with Crippen LogP contribution in [0.4, 0.5) is 0 Å². The van der Waals surface area contributed by atoms with E-state index >= 15 is 0 Å². The molecular formula is C17H21N5O. The standard InChI is InChI=1S/C17H21N5O/c1-2-13-15-16(22(20-13)12-7-3-4-8-12)18-14(19-17(15)23)11-21-9-5-6-10-21/h5-6,9-10,12,20H,2-4,7-8,11H2,1H3. The lowest BCUT2D eigenvalue weighted by Crippen LogP contribution is -2.19. The summed E-state index contributed by atoms with van der Waals surface area (Å²) in [6.45, 7) is 2.58. The number of nitrogens with one attached hydrogen (secondary N) is 1. The van der Waals surface area contributed by atoms with Crippen molar-refractivity contribution in [2.75, 3.05) is 0 Å². The number of hydrogen-bond acceptors (Lipinski definition) is 3. The summed E-state index contributed by atoms with van der Waals surface area (Å²) >= 11 is 0. The molecule has 6 heteroatoms. The van der Waals surface area contributed by atoms with Gasteiger partial charge in [-0.05, 0) is 31.4 Å². The number of aryl methyl sites for hydroxylation is 1. The number of nitrogens with zero attached hydrogens (tertiary/aromatic N) is 4. The number of aromatic amines is 1. The van der Waals surface area contributed by atoms with E-state index in [2.05, 4.69) is 21.7 Å². The topological polar surface area (TPSA) is 68.5 Å². The molecule has 1 aromatic heterocycles. The second-order valence-corrected chi connectivity index (χ2v) is 6.25. The highest BCUT2D eigenvalue weighted by molar-refractivity contribution is 5.59. The highest BCUT2D eigenvalue weighted by Crippen LogP contribution is 2.33. The molecule has 6 nitrogen and oxygen atoms in total. The fraction of sp³-hybridized carbons (Fsp3) is 0.471. The summed E-state index contributed by atoms with van der Waals surface area (Å²) in [5, 5.41) is 3.42. The number of aromatic nitrogens is 5. The highest BCUT2D eigenvalue weighted by atomic mass is 16.1. The van der Waals surface area contributed by atoms with Crippen molar-refractivity contribution >= 4 is 0 Å². The van der Waals surface area contributed by atoms with Gasteiger partial charge < -0.3 is 4.57 Å². The summed E-state index contributed by atoms with van der Waals surface area (Å²) in [4.78, 5) is 21.5. The average Bonchev–Trinajstić information content (AvgIpc) is 3.27. The van der Waals surface area contributed by atoms with Crippen LogP contribution in [0.3, 0.4) is 0 Å². The van der Waals surface area contributed by atoms with Gasteiger partial charge >= 0.3 is 0 Å². The third-order valence-electron chi connectivity index (χ3n) is 4.72. The molecule has 0 saturated heterocycles. The summed E-state index contributed by atoms with van der Waals surface area (Å²) in [7, 11) is 0. The van der Waals surface area contributed by atoms with Crippen LogP contribution in [0.5, 0.6) is 0 Å². The molecule has 1 fully saturated rings. The lowest BCUT2D eigenvalue weighted by molar-refractivity contribution is 0.463. The van der Waals surface area contributed by atoms with Gasteiger partial charge in [0.1, 0.15) is 5.56 Å². The maximum atomic E-state index is 12.5. The zero-order valence-electron chi connectivity index (χ0n) is 13.3. The van der Waals surface area contributed by atoms with Crippen LogP contribution in [0.15, 0.2) is 29.3 Å². The van der Waals surface area contributed by atoms with E-state index in [1.54, 1.807) is 0 Å². The Labute approximate surface area is 134 Å². The molecule has 0 atom stereocenters. The van der Waals surface area contributed by atoms with Crippen molar-refractivity contribution in [1.82, 2.24) is 24.3 Å². The highest BCUT2D eigenvalue weighted by Gasteiger charge is 2.27. The molecule has 3 heterocycles. The second-order valence-electron chi connectivity index (χ2n) is 6.25. The van der Waals surface area contributed by atoms with Crippen LogP contribution >= 0.6 is 0 Å². The van der Waals surface area contributed by atoms with Gasteiger partial charge in [-0.15, -0.1) is 0 Å². The monoisotopic (exact) mass is 311 g/mol. The molecule has 0 radical (unpaired) electrons. The van der Waals surface area contributed by atoms with Gasteiger partial charge in [-0.2, -0.15) is 4.98 Å². The number of hydrogen-bond donors (Lipinski definition) is 1.